The van der Waals surface area contributed by atoms with E-state index in [0.717, 1.165) is 60.7 Å². The van der Waals surface area contributed by atoms with Crippen LogP contribution in [0.15, 0.2) is 52.9 Å². The predicted molar refractivity (Wildman–Crippen MR) is 117 cm³/mol. The largest absolute Gasteiger partial charge is 0.436 e. The molecule has 3 aromatic rings. The summed E-state index contributed by atoms with van der Waals surface area (Å²) in [4.78, 5) is 19.7. The first kappa shape index (κ1) is 19.6. The third-order valence-electron chi connectivity index (χ3n) is 5.67. The Morgan fingerprint density at radius 3 is 2.55 bits per heavy atom. The van der Waals surface area contributed by atoms with E-state index in [1.807, 2.05) is 48.5 Å². The van der Waals surface area contributed by atoms with Crippen LogP contribution >= 0.6 is 0 Å². The third kappa shape index (κ3) is 4.85. The van der Waals surface area contributed by atoms with Crippen LogP contribution in [-0.2, 0) is 4.79 Å². The highest BCUT2D eigenvalue weighted by Gasteiger charge is 2.25. The van der Waals surface area contributed by atoms with Crippen LogP contribution in [0.3, 0.4) is 0 Å². The fraction of sp³-hybridized carbons (Fsp3) is 0.417. The minimum atomic E-state index is 0.0991. The van der Waals surface area contributed by atoms with E-state index < -0.39 is 0 Å². The van der Waals surface area contributed by atoms with Gasteiger partial charge in [-0.25, -0.2) is 4.98 Å². The molecule has 1 N–H and O–H groups in total. The number of carbonyl (C=O) groups excluding carboxylic acids is 1. The number of rotatable bonds is 6. The van der Waals surface area contributed by atoms with Crippen molar-refractivity contribution in [3.05, 3.63) is 48.5 Å². The van der Waals surface area contributed by atoms with Crippen LogP contribution in [0, 0.1) is 11.8 Å². The molecule has 0 bridgehead atoms. The second-order valence-electron chi connectivity index (χ2n) is 8.35. The van der Waals surface area contributed by atoms with E-state index in [0.29, 0.717) is 5.89 Å². The molecule has 2 heterocycles. The first-order valence-corrected chi connectivity index (χ1v) is 10.6. The number of fused-ring (bicyclic) bond motifs is 1. The van der Waals surface area contributed by atoms with E-state index >= 15 is 0 Å². The number of nitrogens with one attached hydrogen (secondary N) is 1. The molecule has 2 aromatic carbocycles. The second kappa shape index (κ2) is 8.78. The summed E-state index contributed by atoms with van der Waals surface area (Å²) >= 11 is 0. The van der Waals surface area contributed by atoms with Crippen molar-refractivity contribution in [3.63, 3.8) is 0 Å². The molecule has 5 nitrogen and oxygen atoms in total. The summed E-state index contributed by atoms with van der Waals surface area (Å²) in [5.41, 5.74) is 3.34. The van der Waals surface area contributed by atoms with E-state index in [-0.39, 0.29) is 11.8 Å². The maximum atomic E-state index is 12.7. The van der Waals surface area contributed by atoms with Gasteiger partial charge in [0.2, 0.25) is 11.8 Å². The molecule has 0 saturated carbocycles. The van der Waals surface area contributed by atoms with Gasteiger partial charge in [0.25, 0.3) is 0 Å². The molecule has 0 unspecified atom stereocenters. The molecule has 1 aromatic heterocycles. The van der Waals surface area contributed by atoms with Crippen molar-refractivity contribution in [2.24, 2.45) is 11.8 Å². The molecule has 0 atom stereocenters. The summed E-state index contributed by atoms with van der Waals surface area (Å²) in [6, 6.07) is 15.4. The summed E-state index contributed by atoms with van der Waals surface area (Å²) in [5, 5.41) is 3.07. The van der Waals surface area contributed by atoms with Gasteiger partial charge in [0.15, 0.2) is 5.58 Å². The van der Waals surface area contributed by atoms with Crippen molar-refractivity contribution >= 4 is 22.7 Å². The highest BCUT2D eigenvalue weighted by atomic mass is 16.3. The van der Waals surface area contributed by atoms with Gasteiger partial charge in [-0.05, 0) is 81.2 Å². The van der Waals surface area contributed by atoms with Gasteiger partial charge in [0.05, 0.1) is 0 Å². The number of para-hydroxylation sites is 2. The average molecular weight is 392 g/mol. The Labute approximate surface area is 172 Å². The minimum absolute atomic E-state index is 0.0991. The van der Waals surface area contributed by atoms with E-state index in [1.165, 1.54) is 6.42 Å². The summed E-state index contributed by atoms with van der Waals surface area (Å²) in [7, 11) is 0. The molecular formula is C24H29N3O2. The molecule has 1 aliphatic heterocycles. The first-order valence-electron chi connectivity index (χ1n) is 10.6. The van der Waals surface area contributed by atoms with Gasteiger partial charge in [-0.1, -0.05) is 26.0 Å². The molecule has 4 rings (SSSR count). The molecular weight excluding hydrogens is 362 g/mol. The monoisotopic (exact) mass is 391 g/mol. The Hall–Kier alpha value is -2.66. The van der Waals surface area contributed by atoms with Gasteiger partial charge >= 0.3 is 0 Å². The van der Waals surface area contributed by atoms with E-state index in [2.05, 4.69) is 29.0 Å². The van der Waals surface area contributed by atoms with Gasteiger partial charge in [0.1, 0.15) is 5.52 Å². The Kier molecular flexibility index (Phi) is 5.95. The lowest BCUT2D eigenvalue weighted by atomic mass is 9.95. The van der Waals surface area contributed by atoms with Crippen molar-refractivity contribution in [1.82, 2.24) is 9.88 Å². The maximum absolute atomic E-state index is 12.7. The predicted octanol–water partition coefficient (Wildman–Crippen LogP) is 5.19. The highest BCUT2D eigenvalue weighted by molar-refractivity contribution is 5.92. The normalized spacial score (nSPS) is 15.8. The van der Waals surface area contributed by atoms with Gasteiger partial charge in [-0.3, -0.25) is 4.79 Å². The molecule has 0 radical (unpaired) electrons. The van der Waals surface area contributed by atoms with Crippen LogP contribution in [0.25, 0.3) is 22.6 Å². The van der Waals surface area contributed by atoms with Crippen LogP contribution in [0.1, 0.15) is 33.1 Å². The molecule has 1 fully saturated rings. The molecule has 1 saturated heterocycles. The SMILES string of the molecule is CC(C)CCN1CCC(C(=O)Nc2ccc(-c3nc4ccccc4o3)cc2)CC1. The molecule has 152 valence electrons. The smallest absolute Gasteiger partial charge is 0.227 e. The number of piperidine rings is 1. The van der Waals surface area contributed by atoms with Gasteiger partial charge < -0.3 is 14.6 Å². The van der Waals surface area contributed by atoms with Crippen LogP contribution in [0.2, 0.25) is 0 Å². The third-order valence-corrected chi connectivity index (χ3v) is 5.67. The zero-order valence-electron chi connectivity index (χ0n) is 17.2. The number of amides is 1. The molecule has 0 spiro atoms. The lowest BCUT2D eigenvalue weighted by Crippen LogP contribution is -2.38. The highest BCUT2D eigenvalue weighted by Crippen LogP contribution is 2.26. The lowest BCUT2D eigenvalue weighted by Gasteiger charge is -2.31. The number of hydrogen-bond acceptors (Lipinski definition) is 4. The standard InChI is InChI=1S/C24H29N3O2/c1-17(2)11-14-27-15-12-18(13-16-27)23(28)25-20-9-7-19(8-10-20)24-26-21-5-3-4-6-22(21)29-24/h3-10,17-18H,11-16H2,1-2H3,(H,25,28). The maximum Gasteiger partial charge on any atom is 0.227 e. The number of oxazole rings is 1. The van der Waals surface area contributed by atoms with E-state index in [1.54, 1.807) is 0 Å². The Balaban J connectivity index is 1.32. The summed E-state index contributed by atoms with van der Waals surface area (Å²) < 4.78 is 5.81. The molecule has 29 heavy (non-hydrogen) atoms. The first-order chi connectivity index (χ1) is 14.1. The molecule has 0 aliphatic carbocycles. The van der Waals surface area contributed by atoms with Crippen LogP contribution < -0.4 is 5.32 Å². The van der Waals surface area contributed by atoms with Crippen molar-refractivity contribution < 1.29 is 9.21 Å². The van der Waals surface area contributed by atoms with Gasteiger partial charge in [0, 0.05) is 17.2 Å². The fourth-order valence-corrected chi connectivity index (χ4v) is 3.80. The molecule has 1 aliphatic rings. The average Bonchev–Trinajstić information content (AvgIpc) is 3.17. The minimum Gasteiger partial charge on any atom is -0.436 e. The number of likely N-dealkylation sites (tertiary alicyclic amines) is 1. The van der Waals surface area contributed by atoms with E-state index in [9.17, 15) is 4.79 Å². The second-order valence-corrected chi connectivity index (χ2v) is 8.35. The lowest BCUT2D eigenvalue weighted by molar-refractivity contribution is -0.121. The number of carbonyl (C=O) groups is 1. The van der Waals surface area contributed by atoms with Crippen LogP contribution in [0.4, 0.5) is 5.69 Å². The molecule has 5 heteroatoms. The summed E-state index contributed by atoms with van der Waals surface area (Å²) in [6.45, 7) is 7.69. The van der Waals surface area contributed by atoms with Crippen LogP contribution in [-0.4, -0.2) is 35.4 Å². The number of nitrogens with zero attached hydrogens (tertiary/aromatic N) is 2. The van der Waals surface area contributed by atoms with Gasteiger partial charge in [-0.15, -0.1) is 0 Å². The zero-order valence-corrected chi connectivity index (χ0v) is 17.2. The number of benzene rings is 2. The quantitative estimate of drug-likeness (QED) is 0.628. The van der Waals surface area contributed by atoms with Gasteiger partial charge in [-0.2, -0.15) is 0 Å². The van der Waals surface area contributed by atoms with Crippen molar-refractivity contribution in [1.29, 1.82) is 0 Å². The Morgan fingerprint density at radius 2 is 1.86 bits per heavy atom. The number of hydrogen-bond donors (Lipinski definition) is 1. The Bertz CT molecular complexity index is 921. The van der Waals surface area contributed by atoms with Crippen molar-refractivity contribution in [3.8, 4) is 11.5 Å². The zero-order chi connectivity index (χ0) is 20.2. The fourth-order valence-electron chi connectivity index (χ4n) is 3.80. The summed E-state index contributed by atoms with van der Waals surface area (Å²) in [6.07, 6.45) is 3.10. The Morgan fingerprint density at radius 1 is 1.14 bits per heavy atom. The van der Waals surface area contributed by atoms with E-state index in [4.69, 9.17) is 4.42 Å². The topological polar surface area (TPSA) is 58.4 Å². The number of aromatic nitrogens is 1. The molecule has 1 amide bonds. The van der Waals surface area contributed by atoms with Crippen molar-refractivity contribution in [2.75, 3.05) is 25.0 Å². The van der Waals surface area contributed by atoms with Crippen LogP contribution in [0.5, 0.6) is 0 Å². The van der Waals surface area contributed by atoms with Crippen molar-refractivity contribution in [2.45, 2.75) is 33.1 Å². The summed E-state index contributed by atoms with van der Waals surface area (Å²) in [5.74, 6) is 1.55. The number of anilines is 1.